The Morgan fingerprint density at radius 2 is 1.64 bits per heavy atom. The molecule has 0 aromatic heterocycles. The van der Waals surface area contributed by atoms with E-state index in [4.69, 9.17) is 0 Å². The monoisotopic (exact) mass is 362 g/mol. The molecule has 1 saturated heterocycles. The number of piperazine rings is 1. The standard InChI is InChI=1S/C19H22N2O3.ClH/c22-17-7-6-16(18(23)13-17)12-19(24)21-10-8-20(9-11-21)14-15-4-2-1-3-5-15;/h1-7,13,22-23H,8-12,14H2;1H. The fourth-order valence-corrected chi connectivity index (χ4v) is 2.97. The number of rotatable bonds is 4. The maximum Gasteiger partial charge on any atom is 0.227 e. The lowest BCUT2D eigenvalue weighted by Crippen LogP contribution is -2.48. The number of nitrogens with zero attached hydrogens (tertiary/aromatic N) is 2. The Kier molecular flexibility index (Phi) is 6.67. The molecule has 6 heteroatoms. The molecule has 134 valence electrons. The molecule has 2 N–H and O–H groups in total. The number of hydrogen-bond donors (Lipinski definition) is 2. The number of aromatic hydroxyl groups is 2. The molecule has 1 fully saturated rings. The lowest BCUT2D eigenvalue weighted by molar-refractivity contribution is -0.132. The van der Waals surface area contributed by atoms with Gasteiger partial charge in [-0.2, -0.15) is 0 Å². The first-order valence-electron chi connectivity index (χ1n) is 8.17. The topological polar surface area (TPSA) is 64.0 Å². The van der Waals surface area contributed by atoms with E-state index in [-0.39, 0.29) is 36.2 Å². The Balaban J connectivity index is 0.00000225. The van der Waals surface area contributed by atoms with E-state index >= 15 is 0 Å². The largest absolute Gasteiger partial charge is 0.508 e. The van der Waals surface area contributed by atoms with E-state index in [1.54, 1.807) is 6.07 Å². The lowest BCUT2D eigenvalue weighted by Gasteiger charge is -2.34. The van der Waals surface area contributed by atoms with Gasteiger partial charge in [0.05, 0.1) is 6.42 Å². The Bertz CT molecular complexity index is 701. The zero-order chi connectivity index (χ0) is 16.9. The number of phenols is 2. The molecule has 2 aromatic rings. The van der Waals surface area contributed by atoms with Crippen molar-refractivity contribution in [3.05, 3.63) is 59.7 Å². The van der Waals surface area contributed by atoms with Crippen LogP contribution in [0.5, 0.6) is 11.5 Å². The summed E-state index contributed by atoms with van der Waals surface area (Å²) in [6, 6.07) is 14.7. The van der Waals surface area contributed by atoms with Gasteiger partial charge in [0.2, 0.25) is 5.91 Å². The van der Waals surface area contributed by atoms with Crippen molar-refractivity contribution in [3.8, 4) is 11.5 Å². The summed E-state index contributed by atoms with van der Waals surface area (Å²) in [5.41, 5.74) is 1.83. The summed E-state index contributed by atoms with van der Waals surface area (Å²) in [4.78, 5) is 16.6. The van der Waals surface area contributed by atoms with E-state index in [9.17, 15) is 15.0 Å². The summed E-state index contributed by atoms with van der Waals surface area (Å²) >= 11 is 0. The molecular weight excluding hydrogens is 340 g/mol. The van der Waals surface area contributed by atoms with Gasteiger partial charge in [0.1, 0.15) is 11.5 Å². The van der Waals surface area contributed by atoms with Crippen molar-refractivity contribution in [1.82, 2.24) is 9.80 Å². The van der Waals surface area contributed by atoms with Gasteiger partial charge in [-0.3, -0.25) is 9.69 Å². The highest BCUT2D eigenvalue weighted by atomic mass is 35.5. The summed E-state index contributed by atoms with van der Waals surface area (Å²) < 4.78 is 0. The Morgan fingerprint density at radius 1 is 0.960 bits per heavy atom. The van der Waals surface area contributed by atoms with Gasteiger partial charge in [-0.25, -0.2) is 0 Å². The quantitative estimate of drug-likeness (QED) is 0.876. The van der Waals surface area contributed by atoms with Crippen LogP contribution in [0.1, 0.15) is 11.1 Å². The zero-order valence-electron chi connectivity index (χ0n) is 14.0. The van der Waals surface area contributed by atoms with Crippen LogP contribution in [0.25, 0.3) is 0 Å². The molecule has 0 spiro atoms. The van der Waals surface area contributed by atoms with Crippen LogP contribution < -0.4 is 0 Å². The van der Waals surface area contributed by atoms with Crippen LogP contribution in [0.2, 0.25) is 0 Å². The highest BCUT2D eigenvalue weighted by Gasteiger charge is 2.22. The molecule has 1 aliphatic rings. The van der Waals surface area contributed by atoms with E-state index in [0.717, 1.165) is 19.6 Å². The molecule has 1 heterocycles. The molecule has 25 heavy (non-hydrogen) atoms. The second-order valence-corrected chi connectivity index (χ2v) is 6.13. The predicted molar refractivity (Wildman–Crippen MR) is 99.0 cm³/mol. The summed E-state index contributed by atoms with van der Waals surface area (Å²) in [7, 11) is 0. The first-order chi connectivity index (χ1) is 11.6. The van der Waals surface area contributed by atoms with E-state index in [1.165, 1.54) is 17.7 Å². The predicted octanol–water partition coefficient (Wildman–Crippen LogP) is 2.41. The number of phenolic OH excluding ortho intramolecular Hbond substituents is 2. The number of amides is 1. The van der Waals surface area contributed by atoms with Crippen LogP contribution in [0.15, 0.2) is 48.5 Å². The van der Waals surface area contributed by atoms with Gasteiger partial charge >= 0.3 is 0 Å². The summed E-state index contributed by atoms with van der Waals surface area (Å²) in [5, 5.41) is 19.1. The van der Waals surface area contributed by atoms with Crippen LogP contribution in [-0.2, 0) is 17.8 Å². The van der Waals surface area contributed by atoms with E-state index < -0.39 is 0 Å². The number of hydrogen-bond acceptors (Lipinski definition) is 4. The average molecular weight is 363 g/mol. The van der Waals surface area contributed by atoms with Crippen molar-refractivity contribution < 1.29 is 15.0 Å². The molecule has 0 radical (unpaired) electrons. The van der Waals surface area contributed by atoms with Crippen LogP contribution in [0.3, 0.4) is 0 Å². The molecule has 1 aliphatic heterocycles. The van der Waals surface area contributed by atoms with Gasteiger partial charge < -0.3 is 15.1 Å². The second-order valence-electron chi connectivity index (χ2n) is 6.13. The van der Waals surface area contributed by atoms with Gasteiger partial charge in [0.25, 0.3) is 0 Å². The molecule has 0 aliphatic carbocycles. The fourth-order valence-electron chi connectivity index (χ4n) is 2.97. The Morgan fingerprint density at radius 3 is 2.28 bits per heavy atom. The van der Waals surface area contributed by atoms with Crippen LogP contribution in [0.4, 0.5) is 0 Å². The lowest BCUT2D eigenvalue weighted by atomic mass is 10.1. The summed E-state index contributed by atoms with van der Waals surface area (Å²) in [6.07, 6.45) is 0.158. The van der Waals surface area contributed by atoms with Gasteiger partial charge in [0.15, 0.2) is 0 Å². The van der Waals surface area contributed by atoms with Gasteiger partial charge in [0, 0.05) is 44.4 Å². The molecule has 3 rings (SSSR count). The van der Waals surface area contributed by atoms with E-state index in [0.29, 0.717) is 18.7 Å². The van der Waals surface area contributed by atoms with Crippen LogP contribution in [0, 0.1) is 0 Å². The van der Waals surface area contributed by atoms with E-state index in [2.05, 4.69) is 17.0 Å². The first-order valence-corrected chi connectivity index (χ1v) is 8.17. The van der Waals surface area contributed by atoms with Crippen molar-refractivity contribution in [1.29, 1.82) is 0 Å². The summed E-state index contributed by atoms with van der Waals surface area (Å²) in [5.74, 6) is -0.0281. The highest BCUT2D eigenvalue weighted by molar-refractivity contribution is 5.85. The van der Waals surface area contributed by atoms with Crippen LogP contribution in [-0.4, -0.2) is 52.1 Å². The van der Waals surface area contributed by atoms with Gasteiger partial charge in [-0.1, -0.05) is 36.4 Å². The van der Waals surface area contributed by atoms with Crippen molar-refractivity contribution in [3.63, 3.8) is 0 Å². The minimum atomic E-state index is -0.0361. The number of carbonyl (C=O) groups excluding carboxylic acids is 1. The number of halogens is 1. The molecular formula is C19H23ClN2O3. The number of carbonyl (C=O) groups is 1. The molecule has 0 bridgehead atoms. The second kappa shape index (κ2) is 8.74. The third kappa shape index (κ3) is 5.11. The minimum absolute atomic E-state index is 0. The maximum atomic E-state index is 12.4. The molecule has 0 unspecified atom stereocenters. The normalized spacial score (nSPS) is 14.8. The van der Waals surface area contributed by atoms with Gasteiger partial charge in [-0.15, -0.1) is 12.4 Å². The van der Waals surface area contributed by atoms with Crippen molar-refractivity contribution in [2.75, 3.05) is 26.2 Å². The average Bonchev–Trinajstić information content (AvgIpc) is 2.59. The van der Waals surface area contributed by atoms with Crippen molar-refractivity contribution in [2.24, 2.45) is 0 Å². The fraction of sp³-hybridized carbons (Fsp3) is 0.316. The van der Waals surface area contributed by atoms with Gasteiger partial charge in [-0.05, 0) is 11.6 Å². The third-order valence-corrected chi connectivity index (χ3v) is 4.38. The summed E-state index contributed by atoms with van der Waals surface area (Å²) in [6.45, 7) is 4.00. The molecule has 0 saturated carbocycles. The third-order valence-electron chi connectivity index (χ3n) is 4.38. The maximum absolute atomic E-state index is 12.4. The van der Waals surface area contributed by atoms with Crippen LogP contribution >= 0.6 is 12.4 Å². The molecule has 0 atom stereocenters. The zero-order valence-corrected chi connectivity index (χ0v) is 14.8. The first kappa shape index (κ1) is 19.1. The Hall–Kier alpha value is -2.24. The SMILES string of the molecule is Cl.O=C(Cc1ccc(O)cc1O)N1CCN(Cc2ccccc2)CC1. The minimum Gasteiger partial charge on any atom is -0.508 e. The smallest absolute Gasteiger partial charge is 0.227 e. The molecule has 5 nitrogen and oxygen atoms in total. The molecule has 2 aromatic carbocycles. The van der Waals surface area contributed by atoms with Crippen molar-refractivity contribution in [2.45, 2.75) is 13.0 Å². The Labute approximate surface area is 153 Å². The van der Waals surface area contributed by atoms with E-state index in [1.807, 2.05) is 23.1 Å². The number of benzene rings is 2. The highest BCUT2D eigenvalue weighted by Crippen LogP contribution is 2.23. The van der Waals surface area contributed by atoms with Crippen molar-refractivity contribution >= 4 is 18.3 Å². The molecule has 1 amide bonds.